The quantitative estimate of drug-likeness (QED) is 0.0949. The third kappa shape index (κ3) is 8.06. The summed E-state index contributed by atoms with van der Waals surface area (Å²) in [5.74, 6) is 5.79. The molecule has 212 valence electrons. The highest BCUT2D eigenvalue weighted by Gasteiger charge is 2.12. The Bertz CT molecular complexity index is 1780. The van der Waals surface area contributed by atoms with Gasteiger partial charge in [0.2, 0.25) is 0 Å². The lowest BCUT2D eigenvalue weighted by atomic mass is 10.0. The van der Waals surface area contributed by atoms with Gasteiger partial charge in [0.15, 0.2) is 0 Å². The fourth-order valence-electron chi connectivity index (χ4n) is 3.74. The number of esters is 3. The summed E-state index contributed by atoms with van der Waals surface area (Å²) < 4.78 is 16.0. The zero-order valence-corrected chi connectivity index (χ0v) is 23.8. The van der Waals surface area contributed by atoms with E-state index in [0.717, 1.165) is 33.9 Å². The fourth-order valence-corrected chi connectivity index (χ4v) is 3.74. The average Bonchev–Trinajstić information content (AvgIpc) is 3.01. The van der Waals surface area contributed by atoms with Crippen molar-refractivity contribution in [3.8, 4) is 51.3 Å². The fraction of sp³-hybridized carbons (Fsp3) is 0.0541. The topological polar surface area (TPSA) is 78.9 Å². The van der Waals surface area contributed by atoms with Crippen molar-refractivity contribution >= 4 is 17.9 Å². The molecule has 0 aromatic heterocycles. The zero-order valence-electron chi connectivity index (χ0n) is 23.8. The Morgan fingerprint density at radius 3 is 1.60 bits per heavy atom. The first-order chi connectivity index (χ1) is 20.6. The Labute approximate surface area is 250 Å². The van der Waals surface area contributed by atoms with E-state index in [1.54, 1.807) is 62.4 Å². The third-order valence-corrected chi connectivity index (χ3v) is 6.08. The van der Waals surface area contributed by atoms with Crippen LogP contribution in [0.5, 0.6) is 17.2 Å². The van der Waals surface area contributed by atoms with Crippen LogP contribution < -0.4 is 14.2 Å². The normalized spacial score (nSPS) is 10.0. The molecule has 0 spiro atoms. The van der Waals surface area contributed by atoms with Crippen LogP contribution in [0.15, 0.2) is 128 Å². The number of ether oxygens (including phenoxy) is 3. The van der Waals surface area contributed by atoms with Gasteiger partial charge in [-0.2, -0.15) is 0 Å². The molecule has 0 aliphatic carbocycles. The second kappa shape index (κ2) is 13.6. The highest BCUT2D eigenvalue weighted by Crippen LogP contribution is 2.29. The summed E-state index contributed by atoms with van der Waals surface area (Å²) in [5.41, 5.74) is 5.40. The number of hydrogen-bond acceptors (Lipinski definition) is 6. The molecule has 0 aliphatic rings. The maximum absolute atomic E-state index is 12.4. The molecule has 4 aromatic carbocycles. The Balaban J connectivity index is 1.55. The molecule has 0 bridgehead atoms. The average molecular weight is 569 g/mol. The molecule has 0 unspecified atom stereocenters. The van der Waals surface area contributed by atoms with Gasteiger partial charge < -0.3 is 14.2 Å². The van der Waals surface area contributed by atoms with Gasteiger partial charge in [-0.05, 0) is 84.6 Å². The Kier molecular flexibility index (Phi) is 9.52. The molecular formula is C37H28O6. The van der Waals surface area contributed by atoms with Crippen molar-refractivity contribution < 1.29 is 28.6 Å². The number of carbonyl (C=O) groups is 3. The van der Waals surface area contributed by atoms with Crippen molar-refractivity contribution in [1.29, 1.82) is 0 Å². The standard InChI is InChI=1S/C37H28O6/c1-6-35(38)41-32-19-17-29(18-20-32)31-14-13-30(34(23-31)43-37(40)25(4)5)12-9-26-7-10-27(11-8-26)28-15-21-33(22-16-28)42-36(39)24(2)3/h6-8,10-11,13-23H,1-2,4H2,3,5H3. The van der Waals surface area contributed by atoms with Crippen molar-refractivity contribution in [3.63, 3.8) is 0 Å². The van der Waals surface area contributed by atoms with Gasteiger partial charge in [0.25, 0.3) is 0 Å². The highest BCUT2D eigenvalue weighted by molar-refractivity contribution is 5.90. The summed E-state index contributed by atoms with van der Waals surface area (Å²) in [5, 5.41) is 0. The van der Waals surface area contributed by atoms with Gasteiger partial charge in [-0.1, -0.05) is 74.0 Å². The molecule has 0 saturated heterocycles. The van der Waals surface area contributed by atoms with Crippen LogP contribution >= 0.6 is 0 Å². The molecule has 0 N–H and O–H groups in total. The van der Waals surface area contributed by atoms with Gasteiger partial charge in [-0.3, -0.25) is 0 Å². The third-order valence-electron chi connectivity index (χ3n) is 6.08. The predicted molar refractivity (Wildman–Crippen MR) is 166 cm³/mol. The van der Waals surface area contributed by atoms with Crippen molar-refractivity contribution in [3.05, 3.63) is 139 Å². The summed E-state index contributed by atoms with van der Waals surface area (Å²) in [7, 11) is 0. The van der Waals surface area contributed by atoms with E-state index in [2.05, 4.69) is 31.6 Å². The minimum atomic E-state index is -0.559. The van der Waals surface area contributed by atoms with Crippen molar-refractivity contribution in [1.82, 2.24) is 0 Å². The first-order valence-corrected chi connectivity index (χ1v) is 13.2. The number of rotatable bonds is 8. The Morgan fingerprint density at radius 1 is 0.605 bits per heavy atom. The zero-order chi connectivity index (χ0) is 30.9. The summed E-state index contributed by atoms with van der Waals surface area (Å²) in [4.78, 5) is 35.6. The second-order valence-corrected chi connectivity index (χ2v) is 9.55. The second-order valence-electron chi connectivity index (χ2n) is 9.55. The highest BCUT2D eigenvalue weighted by atomic mass is 16.5. The molecule has 43 heavy (non-hydrogen) atoms. The van der Waals surface area contributed by atoms with E-state index >= 15 is 0 Å². The van der Waals surface area contributed by atoms with E-state index in [9.17, 15) is 14.4 Å². The van der Waals surface area contributed by atoms with Crippen LogP contribution in [0.3, 0.4) is 0 Å². The van der Waals surface area contributed by atoms with Gasteiger partial charge in [0, 0.05) is 22.8 Å². The summed E-state index contributed by atoms with van der Waals surface area (Å²) >= 11 is 0. The molecule has 0 fully saturated rings. The van der Waals surface area contributed by atoms with Crippen LogP contribution in [0.25, 0.3) is 22.3 Å². The van der Waals surface area contributed by atoms with Crippen LogP contribution in [0, 0.1) is 11.8 Å². The maximum Gasteiger partial charge on any atom is 0.338 e. The molecule has 0 aliphatic heterocycles. The van der Waals surface area contributed by atoms with Crippen LogP contribution in [-0.2, 0) is 14.4 Å². The molecule has 0 atom stereocenters. The van der Waals surface area contributed by atoms with E-state index in [1.165, 1.54) is 0 Å². The Hall–Kier alpha value is -5.93. The molecule has 4 aromatic rings. The molecule has 0 saturated carbocycles. The summed E-state index contributed by atoms with van der Waals surface area (Å²) in [6.07, 6.45) is 1.09. The molecule has 0 radical (unpaired) electrons. The van der Waals surface area contributed by atoms with Crippen LogP contribution in [0.2, 0.25) is 0 Å². The van der Waals surface area contributed by atoms with Crippen molar-refractivity contribution in [2.75, 3.05) is 0 Å². The largest absolute Gasteiger partial charge is 0.423 e. The van der Waals surface area contributed by atoms with Crippen molar-refractivity contribution in [2.24, 2.45) is 0 Å². The molecule has 4 rings (SSSR count). The van der Waals surface area contributed by atoms with E-state index in [-0.39, 0.29) is 5.57 Å². The summed E-state index contributed by atoms with van der Waals surface area (Å²) in [6, 6.07) is 27.2. The maximum atomic E-state index is 12.4. The molecule has 6 nitrogen and oxygen atoms in total. The first-order valence-electron chi connectivity index (χ1n) is 13.2. The van der Waals surface area contributed by atoms with Gasteiger partial charge in [0.1, 0.15) is 17.2 Å². The van der Waals surface area contributed by atoms with Crippen LogP contribution in [0.1, 0.15) is 25.0 Å². The monoisotopic (exact) mass is 568 g/mol. The van der Waals surface area contributed by atoms with Crippen molar-refractivity contribution in [2.45, 2.75) is 13.8 Å². The van der Waals surface area contributed by atoms with Crippen LogP contribution in [-0.4, -0.2) is 17.9 Å². The van der Waals surface area contributed by atoms with Gasteiger partial charge in [0.05, 0.1) is 5.56 Å². The number of hydrogen-bond donors (Lipinski definition) is 0. The van der Waals surface area contributed by atoms with Gasteiger partial charge in [-0.15, -0.1) is 0 Å². The van der Waals surface area contributed by atoms with Gasteiger partial charge in [-0.25, -0.2) is 14.4 Å². The first kappa shape index (κ1) is 30.0. The Morgan fingerprint density at radius 2 is 1.07 bits per heavy atom. The minimum Gasteiger partial charge on any atom is -0.423 e. The minimum absolute atomic E-state index is 0.260. The lowest BCUT2D eigenvalue weighted by molar-refractivity contribution is -0.130. The predicted octanol–water partition coefficient (Wildman–Crippen LogP) is 7.47. The lowest BCUT2D eigenvalue weighted by Gasteiger charge is -2.10. The summed E-state index contributed by atoms with van der Waals surface area (Å²) in [6.45, 7) is 13.8. The lowest BCUT2D eigenvalue weighted by Crippen LogP contribution is -2.09. The van der Waals surface area contributed by atoms with E-state index in [0.29, 0.717) is 28.4 Å². The number of benzene rings is 4. The molecule has 6 heteroatoms. The number of carbonyl (C=O) groups excluding carboxylic acids is 3. The smallest absolute Gasteiger partial charge is 0.338 e. The van der Waals surface area contributed by atoms with E-state index in [1.807, 2.05) is 42.5 Å². The van der Waals surface area contributed by atoms with E-state index < -0.39 is 17.9 Å². The molecule has 0 heterocycles. The molecular weight excluding hydrogens is 540 g/mol. The van der Waals surface area contributed by atoms with Crippen LogP contribution in [0.4, 0.5) is 0 Å². The van der Waals surface area contributed by atoms with E-state index in [4.69, 9.17) is 14.2 Å². The SMILES string of the molecule is C=CC(=O)Oc1ccc(-c2ccc(C#Cc3ccc(-c4ccc(OC(=O)C(=C)C)cc4)cc3)c(OC(=O)C(=C)C)c2)cc1. The molecule has 0 amide bonds. The van der Waals surface area contributed by atoms with Gasteiger partial charge >= 0.3 is 17.9 Å².